The van der Waals surface area contributed by atoms with Gasteiger partial charge in [-0.2, -0.15) is 0 Å². The van der Waals surface area contributed by atoms with Gasteiger partial charge >= 0.3 is 0 Å². The van der Waals surface area contributed by atoms with Gasteiger partial charge in [0, 0.05) is 5.02 Å². The molecule has 1 amide bonds. The highest BCUT2D eigenvalue weighted by atomic mass is 35.5. The summed E-state index contributed by atoms with van der Waals surface area (Å²) < 4.78 is 29.7. The van der Waals surface area contributed by atoms with Gasteiger partial charge in [0.05, 0.1) is 4.90 Å². The second-order valence-corrected chi connectivity index (χ2v) is 7.89. The van der Waals surface area contributed by atoms with Crippen LogP contribution in [-0.2, 0) is 14.8 Å². The number of amides is 1. The van der Waals surface area contributed by atoms with Crippen molar-refractivity contribution in [1.29, 1.82) is 0 Å². The molecule has 2 rings (SSSR count). The number of benzene rings is 2. The third-order valence-electron chi connectivity index (χ3n) is 3.88. The minimum Gasteiger partial charge on any atom is -0.484 e. The Morgan fingerprint density at radius 3 is 2.31 bits per heavy atom. The van der Waals surface area contributed by atoms with E-state index in [-0.39, 0.29) is 11.5 Å². The van der Waals surface area contributed by atoms with Crippen LogP contribution in [0.4, 0.5) is 0 Å². The van der Waals surface area contributed by atoms with E-state index in [1.54, 1.807) is 36.4 Å². The van der Waals surface area contributed by atoms with Crippen LogP contribution in [0.15, 0.2) is 53.4 Å². The molecule has 26 heavy (non-hydrogen) atoms. The first-order chi connectivity index (χ1) is 12.3. The van der Waals surface area contributed by atoms with Crippen LogP contribution < -0.4 is 15.0 Å². The van der Waals surface area contributed by atoms with Crippen LogP contribution in [0, 0.1) is 0 Å². The van der Waals surface area contributed by atoms with E-state index in [4.69, 9.17) is 16.3 Å². The van der Waals surface area contributed by atoms with E-state index in [2.05, 4.69) is 24.1 Å². The summed E-state index contributed by atoms with van der Waals surface area (Å²) >= 11 is 5.76. The number of hydrogen-bond acceptors (Lipinski definition) is 4. The van der Waals surface area contributed by atoms with Crippen molar-refractivity contribution in [1.82, 2.24) is 10.3 Å². The van der Waals surface area contributed by atoms with Crippen LogP contribution in [0.5, 0.6) is 5.75 Å². The number of ether oxygens (including phenoxy) is 1. The van der Waals surface area contributed by atoms with Gasteiger partial charge in [0.2, 0.25) is 0 Å². The molecule has 0 bridgehead atoms. The molecule has 1 atom stereocenters. The molecular formula is C18H21ClN2O4S. The van der Waals surface area contributed by atoms with Crippen LogP contribution in [0.1, 0.15) is 31.7 Å². The molecule has 2 N–H and O–H groups in total. The van der Waals surface area contributed by atoms with Gasteiger partial charge in [0.1, 0.15) is 5.75 Å². The summed E-state index contributed by atoms with van der Waals surface area (Å²) in [6.45, 7) is 3.80. The van der Waals surface area contributed by atoms with E-state index in [9.17, 15) is 13.2 Å². The lowest BCUT2D eigenvalue weighted by Crippen LogP contribution is -2.43. The molecule has 0 saturated heterocycles. The molecule has 0 aliphatic carbocycles. The van der Waals surface area contributed by atoms with E-state index >= 15 is 0 Å². The molecular weight excluding hydrogens is 376 g/mol. The number of sulfonamides is 1. The van der Waals surface area contributed by atoms with Crippen molar-refractivity contribution in [2.75, 3.05) is 6.61 Å². The average Bonchev–Trinajstić information content (AvgIpc) is 2.65. The molecule has 2 aromatic carbocycles. The molecule has 8 heteroatoms. The average molecular weight is 397 g/mol. The van der Waals surface area contributed by atoms with Crippen LogP contribution in [0.3, 0.4) is 0 Å². The highest BCUT2D eigenvalue weighted by molar-refractivity contribution is 7.89. The van der Waals surface area contributed by atoms with Gasteiger partial charge in [-0.3, -0.25) is 10.2 Å². The smallest absolute Gasteiger partial charge is 0.272 e. The lowest BCUT2D eigenvalue weighted by molar-refractivity contribution is -0.123. The Labute approximate surface area is 158 Å². The Bertz CT molecular complexity index is 836. The number of rotatable bonds is 8. The molecule has 140 valence electrons. The molecule has 0 unspecified atom stereocenters. The quantitative estimate of drug-likeness (QED) is 0.671. The first kappa shape index (κ1) is 20.2. The maximum absolute atomic E-state index is 12.2. The minimum absolute atomic E-state index is 0.0727. The topological polar surface area (TPSA) is 84.5 Å². The van der Waals surface area contributed by atoms with Crippen molar-refractivity contribution >= 4 is 27.5 Å². The number of nitrogens with one attached hydrogen (secondary N) is 2. The zero-order valence-electron chi connectivity index (χ0n) is 14.5. The van der Waals surface area contributed by atoms with Crippen molar-refractivity contribution in [3.8, 4) is 5.75 Å². The zero-order chi connectivity index (χ0) is 19.2. The van der Waals surface area contributed by atoms with Gasteiger partial charge in [-0.05, 0) is 54.3 Å². The number of hydrogen-bond donors (Lipinski definition) is 2. The Hall–Kier alpha value is -2.09. The molecule has 0 aliphatic heterocycles. The van der Waals surface area contributed by atoms with Crippen LogP contribution in [-0.4, -0.2) is 20.9 Å². The monoisotopic (exact) mass is 396 g/mol. The molecule has 0 aliphatic rings. The predicted octanol–water partition coefficient (Wildman–Crippen LogP) is 3.24. The van der Waals surface area contributed by atoms with Gasteiger partial charge in [0.15, 0.2) is 6.61 Å². The maximum atomic E-state index is 12.2. The Kier molecular flexibility index (Phi) is 7.02. The normalized spacial score (nSPS) is 12.4. The maximum Gasteiger partial charge on any atom is 0.272 e. The molecule has 2 aromatic rings. The summed E-state index contributed by atoms with van der Waals surface area (Å²) in [7, 11) is -3.85. The van der Waals surface area contributed by atoms with Gasteiger partial charge < -0.3 is 4.74 Å². The summed E-state index contributed by atoms with van der Waals surface area (Å²) in [6.07, 6.45) is 0.966. The third kappa shape index (κ3) is 5.72. The van der Waals surface area contributed by atoms with E-state index in [0.717, 1.165) is 12.0 Å². The molecule has 0 spiro atoms. The highest BCUT2D eigenvalue weighted by Crippen LogP contribution is 2.20. The fraction of sp³-hybridized carbons (Fsp3) is 0.278. The van der Waals surface area contributed by atoms with Gasteiger partial charge in [-0.1, -0.05) is 37.6 Å². The Morgan fingerprint density at radius 2 is 1.73 bits per heavy atom. The van der Waals surface area contributed by atoms with Crippen LogP contribution >= 0.6 is 11.6 Å². The Balaban J connectivity index is 1.88. The van der Waals surface area contributed by atoms with Gasteiger partial charge in [0.25, 0.3) is 15.9 Å². The summed E-state index contributed by atoms with van der Waals surface area (Å²) in [4.78, 5) is 13.9. The van der Waals surface area contributed by atoms with Gasteiger partial charge in [-0.15, -0.1) is 4.83 Å². The second-order valence-electron chi connectivity index (χ2n) is 5.77. The molecule has 0 heterocycles. The zero-order valence-corrected chi connectivity index (χ0v) is 16.1. The van der Waals surface area contributed by atoms with E-state index < -0.39 is 15.9 Å². The van der Waals surface area contributed by atoms with E-state index in [1.807, 2.05) is 0 Å². The molecule has 6 nitrogen and oxygen atoms in total. The molecule has 0 radical (unpaired) electrons. The summed E-state index contributed by atoms with van der Waals surface area (Å²) in [5, 5.41) is 0.550. The van der Waals surface area contributed by atoms with E-state index in [0.29, 0.717) is 16.7 Å². The fourth-order valence-corrected chi connectivity index (χ4v) is 3.10. The predicted molar refractivity (Wildman–Crippen MR) is 101 cm³/mol. The summed E-state index contributed by atoms with van der Waals surface area (Å²) in [5.74, 6) is 0.178. The standard InChI is InChI=1S/C18H21ClN2O4S/c1-3-13(2)14-4-10-17(11-5-14)26(23,24)21-20-18(22)12-25-16-8-6-15(19)7-9-16/h4-11,13,21H,3,12H2,1-2H3,(H,20,22)/t13-/m1/s1. The SMILES string of the molecule is CC[C@@H](C)c1ccc(S(=O)(=O)NNC(=O)COc2ccc(Cl)cc2)cc1. The van der Waals surface area contributed by atoms with E-state index in [1.165, 1.54) is 12.1 Å². The largest absolute Gasteiger partial charge is 0.484 e. The number of carbonyl (C=O) groups is 1. The highest BCUT2D eigenvalue weighted by Gasteiger charge is 2.16. The first-order valence-corrected chi connectivity index (χ1v) is 9.97. The fourth-order valence-electron chi connectivity index (χ4n) is 2.11. The van der Waals surface area contributed by atoms with Crippen molar-refractivity contribution in [3.63, 3.8) is 0 Å². The molecule has 0 saturated carbocycles. The van der Waals surface area contributed by atoms with Crippen LogP contribution in [0.2, 0.25) is 5.02 Å². The van der Waals surface area contributed by atoms with Crippen LogP contribution in [0.25, 0.3) is 0 Å². The van der Waals surface area contributed by atoms with Crippen molar-refractivity contribution in [2.24, 2.45) is 0 Å². The lowest BCUT2D eigenvalue weighted by atomic mass is 9.99. The lowest BCUT2D eigenvalue weighted by Gasteiger charge is -2.12. The van der Waals surface area contributed by atoms with Crippen molar-refractivity contribution in [2.45, 2.75) is 31.1 Å². The molecule has 0 fully saturated rings. The van der Waals surface area contributed by atoms with Crippen molar-refractivity contribution in [3.05, 3.63) is 59.1 Å². The summed E-state index contributed by atoms with van der Waals surface area (Å²) in [5.41, 5.74) is 3.19. The van der Waals surface area contributed by atoms with Gasteiger partial charge in [-0.25, -0.2) is 8.42 Å². The minimum atomic E-state index is -3.85. The van der Waals surface area contributed by atoms with Crippen molar-refractivity contribution < 1.29 is 17.9 Å². The second kappa shape index (κ2) is 9.02. The third-order valence-corrected chi connectivity index (χ3v) is 5.40. The number of hydrazine groups is 1. The number of halogens is 1. The summed E-state index contributed by atoms with van der Waals surface area (Å²) in [6, 6.07) is 13.0. The number of carbonyl (C=O) groups excluding carboxylic acids is 1. The Morgan fingerprint density at radius 1 is 1.12 bits per heavy atom. The molecule has 0 aromatic heterocycles. The first-order valence-electron chi connectivity index (χ1n) is 8.11.